The quantitative estimate of drug-likeness (QED) is 0.804. The van der Waals surface area contributed by atoms with Crippen molar-refractivity contribution in [3.05, 3.63) is 42.2 Å². The number of pyridine rings is 1. The standard InChI is InChI=1S/C11H14N4/c1-8(12)11-6-13-7-15(11)10-4-3-5-14-9(10)2/h3-8H,12H2,1-2H3/t8-/m0/s1. The summed E-state index contributed by atoms with van der Waals surface area (Å²) in [6.45, 7) is 3.92. The lowest BCUT2D eigenvalue weighted by Gasteiger charge is -2.11. The predicted octanol–water partition coefficient (Wildman–Crippen LogP) is 1.60. The highest BCUT2D eigenvalue weighted by atomic mass is 15.1. The maximum Gasteiger partial charge on any atom is 0.0995 e. The van der Waals surface area contributed by atoms with Gasteiger partial charge in [0.15, 0.2) is 0 Å². The van der Waals surface area contributed by atoms with Crippen LogP contribution in [-0.4, -0.2) is 14.5 Å². The highest BCUT2D eigenvalue weighted by Gasteiger charge is 2.09. The van der Waals surface area contributed by atoms with Crippen LogP contribution in [0.1, 0.15) is 24.4 Å². The minimum atomic E-state index is -0.0351. The highest BCUT2D eigenvalue weighted by Crippen LogP contribution is 2.17. The van der Waals surface area contributed by atoms with Crippen LogP contribution in [0.5, 0.6) is 0 Å². The third-order valence-corrected chi connectivity index (χ3v) is 2.37. The van der Waals surface area contributed by atoms with Crippen molar-refractivity contribution in [1.29, 1.82) is 0 Å². The van der Waals surface area contributed by atoms with E-state index in [9.17, 15) is 0 Å². The summed E-state index contributed by atoms with van der Waals surface area (Å²) in [4.78, 5) is 8.36. The molecule has 0 radical (unpaired) electrons. The van der Waals surface area contributed by atoms with E-state index in [4.69, 9.17) is 5.73 Å². The van der Waals surface area contributed by atoms with Crippen LogP contribution in [-0.2, 0) is 0 Å². The van der Waals surface area contributed by atoms with Gasteiger partial charge in [-0.2, -0.15) is 0 Å². The minimum absolute atomic E-state index is 0.0351. The molecule has 4 heteroatoms. The van der Waals surface area contributed by atoms with Crippen LogP contribution < -0.4 is 5.73 Å². The van der Waals surface area contributed by atoms with Gasteiger partial charge < -0.3 is 5.73 Å². The Hall–Kier alpha value is -1.68. The second-order valence-corrected chi connectivity index (χ2v) is 3.59. The molecule has 0 saturated carbocycles. The average Bonchev–Trinajstić information content (AvgIpc) is 2.67. The molecular formula is C11H14N4. The molecule has 0 aliphatic heterocycles. The van der Waals surface area contributed by atoms with Gasteiger partial charge in [-0.3, -0.25) is 9.55 Å². The maximum atomic E-state index is 5.87. The fourth-order valence-corrected chi connectivity index (χ4v) is 1.57. The van der Waals surface area contributed by atoms with Gasteiger partial charge in [0.1, 0.15) is 0 Å². The third kappa shape index (κ3) is 1.76. The second-order valence-electron chi connectivity index (χ2n) is 3.59. The topological polar surface area (TPSA) is 56.7 Å². The third-order valence-electron chi connectivity index (χ3n) is 2.37. The summed E-state index contributed by atoms with van der Waals surface area (Å²) in [6.07, 6.45) is 5.33. The largest absolute Gasteiger partial charge is 0.323 e. The molecule has 1 atom stereocenters. The van der Waals surface area contributed by atoms with Crippen molar-refractivity contribution in [3.63, 3.8) is 0 Å². The summed E-state index contributed by atoms with van der Waals surface area (Å²) < 4.78 is 1.98. The minimum Gasteiger partial charge on any atom is -0.323 e. The smallest absolute Gasteiger partial charge is 0.0995 e. The molecular weight excluding hydrogens is 188 g/mol. The van der Waals surface area contributed by atoms with Crippen molar-refractivity contribution in [2.75, 3.05) is 0 Å². The molecule has 2 rings (SSSR count). The van der Waals surface area contributed by atoms with E-state index in [-0.39, 0.29) is 6.04 Å². The van der Waals surface area contributed by atoms with E-state index in [1.807, 2.05) is 30.5 Å². The molecule has 4 nitrogen and oxygen atoms in total. The Morgan fingerprint density at radius 1 is 1.47 bits per heavy atom. The Labute approximate surface area is 88.8 Å². The van der Waals surface area contributed by atoms with Crippen LogP contribution >= 0.6 is 0 Å². The molecule has 0 spiro atoms. The van der Waals surface area contributed by atoms with Crippen molar-refractivity contribution in [1.82, 2.24) is 14.5 Å². The molecule has 0 bridgehead atoms. The fourth-order valence-electron chi connectivity index (χ4n) is 1.57. The van der Waals surface area contributed by atoms with Crippen molar-refractivity contribution >= 4 is 0 Å². The first-order chi connectivity index (χ1) is 7.20. The monoisotopic (exact) mass is 202 g/mol. The van der Waals surface area contributed by atoms with Crippen molar-refractivity contribution in [2.45, 2.75) is 19.9 Å². The van der Waals surface area contributed by atoms with Crippen molar-refractivity contribution < 1.29 is 0 Å². The molecule has 0 aliphatic rings. The first kappa shape index (κ1) is 9.86. The van der Waals surface area contributed by atoms with E-state index in [1.165, 1.54) is 0 Å². The first-order valence-corrected chi connectivity index (χ1v) is 4.90. The summed E-state index contributed by atoms with van der Waals surface area (Å²) in [5.41, 5.74) is 8.86. The van der Waals surface area contributed by atoms with Gasteiger partial charge in [-0.05, 0) is 26.0 Å². The van der Waals surface area contributed by atoms with Gasteiger partial charge >= 0.3 is 0 Å². The van der Waals surface area contributed by atoms with Gasteiger partial charge in [-0.1, -0.05) is 0 Å². The van der Waals surface area contributed by atoms with E-state index in [0.717, 1.165) is 17.1 Å². The number of rotatable bonds is 2. The number of aryl methyl sites for hydroxylation is 1. The Balaban J connectivity index is 2.55. The first-order valence-electron chi connectivity index (χ1n) is 4.90. The van der Waals surface area contributed by atoms with Gasteiger partial charge in [0.25, 0.3) is 0 Å². The zero-order valence-corrected chi connectivity index (χ0v) is 8.88. The van der Waals surface area contributed by atoms with Gasteiger partial charge in [-0.25, -0.2) is 4.98 Å². The van der Waals surface area contributed by atoms with Gasteiger partial charge in [0.2, 0.25) is 0 Å². The summed E-state index contributed by atoms with van der Waals surface area (Å²) >= 11 is 0. The molecule has 2 N–H and O–H groups in total. The molecule has 2 heterocycles. The molecule has 0 unspecified atom stereocenters. The van der Waals surface area contributed by atoms with Crippen LogP contribution in [0.2, 0.25) is 0 Å². The molecule has 2 aromatic rings. The van der Waals surface area contributed by atoms with Crippen LogP contribution in [0.15, 0.2) is 30.9 Å². The normalized spacial score (nSPS) is 12.7. The van der Waals surface area contributed by atoms with E-state index >= 15 is 0 Å². The fraction of sp³-hybridized carbons (Fsp3) is 0.273. The van der Waals surface area contributed by atoms with E-state index in [1.54, 1.807) is 18.7 Å². The summed E-state index contributed by atoms with van der Waals surface area (Å²) in [5, 5.41) is 0. The molecule has 0 aromatic carbocycles. The Morgan fingerprint density at radius 2 is 2.27 bits per heavy atom. The molecule has 2 aromatic heterocycles. The molecule has 15 heavy (non-hydrogen) atoms. The average molecular weight is 202 g/mol. The zero-order valence-electron chi connectivity index (χ0n) is 8.88. The molecule has 0 fully saturated rings. The number of hydrogen-bond donors (Lipinski definition) is 1. The maximum absolute atomic E-state index is 5.87. The van der Waals surface area contributed by atoms with Crippen LogP contribution in [0.25, 0.3) is 5.69 Å². The number of hydrogen-bond acceptors (Lipinski definition) is 3. The number of nitrogens with zero attached hydrogens (tertiary/aromatic N) is 3. The summed E-state index contributed by atoms with van der Waals surface area (Å²) in [7, 11) is 0. The number of aromatic nitrogens is 3. The van der Waals surface area contributed by atoms with Crippen molar-refractivity contribution in [2.24, 2.45) is 5.73 Å². The van der Waals surface area contributed by atoms with E-state index in [2.05, 4.69) is 9.97 Å². The van der Waals surface area contributed by atoms with Crippen molar-refractivity contribution in [3.8, 4) is 5.69 Å². The number of nitrogens with two attached hydrogens (primary N) is 1. The lowest BCUT2D eigenvalue weighted by Crippen LogP contribution is -2.11. The van der Waals surface area contributed by atoms with Gasteiger partial charge in [0.05, 0.1) is 29.6 Å². The zero-order chi connectivity index (χ0) is 10.8. The molecule has 0 amide bonds. The molecule has 0 aliphatic carbocycles. The molecule has 0 saturated heterocycles. The van der Waals surface area contributed by atoms with Crippen LogP contribution in [0.3, 0.4) is 0 Å². The van der Waals surface area contributed by atoms with Crippen LogP contribution in [0.4, 0.5) is 0 Å². The number of imidazole rings is 1. The highest BCUT2D eigenvalue weighted by molar-refractivity contribution is 5.37. The van der Waals surface area contributed by atoms with E-state index in [0.29, 0.717) is 0 Å². The van der Waals surface area contributed by atoms with Crippen LogP contribution in [0, 0.1) is 6.92 Å². The molecule has 78 valence electrons. The second kappa shape index (κ2) is 3.82. The van der Waals surface area contributed by atoms with Gasteiger partial charge in [-0.15, -0.1) is 0 Å². The lowest BCUT2D eigenvalue weighted by molar-refractivity contribution is 0.749. The predicted molar refractivity (Wildman–Crippen MR) is 58.7 cm³/mol. The Morgan fingerprint density at radius 3 is 2.93 bits per heavy atom. The Kier molecular flexibility index (Phi) is 2.51. The van der Waals surface area contributed by atoms with Gasteiger partial charge in [0, 0.05) is 12.2 Å². The summed E-state index contributed by atoms with van der Waals surface area (Å²) in [5.74, 6) is 0. The SMILES string of the molecule is Cc1ncccc1-n1cncc1[C@H](C)N. The Bertz CT molecular complexity index is 459. The van der Waals surface area contributed by atoms with E-state index < -0.39 is 0 Å². The lowest BCUT2D eigenvalue weighted by atomic mass is 10.2. The summed E-state index contributed by atoms with van der Waals surface area (Å²) in [6, 6.07) is 3.88.